The van der Waals surface area contributed by atoms with Gasteiger partial charge in [0.1, 0.15) is 0 Å². The van der Waals surface area contributed by atoms with Gasteiger partial charge in [0.25, 0.3) is 0 Å². The molecule has 0 bridgehead atoms. The van der Waals surface area contributed by atoms with Crippen LogP contribution in [-0.2, 0) is 5.41 Å². The molecule has 8 aromatic carbocycles. The molecule has 0 aliphatic heterocycles. The summed E-state index contributed by atoms with van der Waals surface area (Å²) in [7, 11) is 0. The molecule has 1 aromatic heterocycles. The number of rotatable bonds is 4. The van der Waals surface area contributed by atoms with Crippen molar-refractivity contribution in [3.05, 3.63) is 228 Å². The van der Waals surface area contributed by atoms with Gasteiger partial charge in [-0.25, -0.2) is 9.97 Å². The summed E-state index contributed by atoms with van der Waals surface area (Å²) in [5.41, 5.74) is 19.3. The van der Waals surface area contributed by atoms with Gasteiger partial charge in [0.2, 0.25) is 0 Å². The first-order valence-corrected chi connectivity index (χ1v) is 19.3. The van der Waals surface area contributed by atoms with Crippen molar-refractivity contribution in [2.45, 2.75) is 5.41 Å². The SMILES string of the molecule is N#Cc1ccc(-c2nc(-c3ccc(-c4ccccc4)cc3)cc(-c3ccc4c(c3)C3(c5ccccc5-c5ccccc5-4)c4ccccc4-c4ccccc43)n2)cc1. The molecule has 3 nitrogen and oxygen atoms in total. The van der Waals surface area contributed by atoms with Crippen LogP contribution < -0.4 is 0 Å². The smallest absolute Gasteiger partial charge is 0.160 e. The first-order chi connectivity index (χ1) is 28.2. The number of aromatic nitrogens is 2. The highest BCUT2D eigenvalue weighted by Gasteiger charge is 2.49. The Morgan fingerprint density at radius 2 is 0.754 bits per heavy atom. The molecule has 9 aromatic rings. The summed E-state index contributed by atoms with van der Waals surface area (Å²) < 4.78 is 0. The van der Waals surface area contributed by atoms with E-state index in [0.717, 1.165) is 33.6 Å². The van der Waals surface area contributed by atoms with Gasteiger partial charge in [-0.3, -0.25) is 0 Å². The molecule has 0 saturated carbocycles. The lowest BCUT2D eigenvalue weighted by molar-refractivity contribution is 0.775. The predicted molar refractivity (Wildman–Crippen MR) is 230 cm³/mol. The number of nitriles is 1. The molecule has 0 amide bonds. The number of fused-ring (bicyclic) bond motifs is 12. The molecule has 0 N–H and O–H groups in total. The monoisotopic (exact) mass is 723 g/mol. The zero-order chi connectivity index (χ0) is 37.9. The maximum absolute atomic E-state index is 9.56. The van der Waals surface area contributed by atoms with E-state index in [0.29, 0.717) is 11.4 Å². The van der Waals surface area contributed by atoms with Crippen molar-refractivity contribution in [2.75, 3.05) is 0 Å². The second-order valence-corrected chi connectivity index (χ2v) is 14.8. The number of hydrogen-bond acceptors (Lipinski definition) is 3. The quantitative estimate of drug-likeness (QED) is 0.182. The molecule has 0 radical (unpaired) electrons. The Morgan fingerprint density at radius 1 is 0.333 bits per heavy atom. The highest BCUT2D eigenvalue weighted by Crippen LogP contribution is 2.61. The van der Waals surface area contributed by atoms with Gasteiger partial charge >= 0.3 is 0 Å². The molecule has 57 heavy (non-hydrogen) atoms. The van der Waals surface area contributed by atoms with Crippen molar-refractivity contribution in [3.8, 4) is 84.5 Å². The zero-order valence-corrected chi connectivity index (χ0v) is 30.9. The maximum Gasteiger partial charge on any atom is 0.160 e. The molecule has 264 valence electrons. The topological polar surface area (TPSA) is 49.6 Å². The third-order valence-electron chi connectivity index (χ3n) is 11.8. The van der Waals surface area contributed by atoms with Crippen LogP contribution in [0.1, 0.15) is 27.8 Å². The van der Waals surface area contributed by atoms with Gasteiger partial charge in [0, 0.05) is 16.7 Å². The molecular weight excluding hydrogens is 691 g/mol. The van der Waals surface area contributed by atoms with Crippen LogP contribution in [0.4, 0.5) is 0 Å². The lowest BCUT2D eigenvalue weighted by atomic mass is 9.65. The van der Waals surface area contributed by atoms with Gasteiger partial charge in [-0.05, 0) is 103 Å². The van der Waals surface area contributed by atoms with E-state index in [1.54, 1.807) is 0 Å². The third-order valence-corrected chi connectivity index (χ3v) is 11.8. The van der Waals surface area contributed by atoms with Crippen molar-refractivity contribution in [1.29, 1.82) is 5.26 Å². The van der Waals surface area contributed by atoms with Crippen LogP contribution in [0.15, 0.2) is 200 Å². The molecule has 3 heteroatoms. The standard InChI is InChI=1S/C54H33N3/c55-34-35-22-24-39(25-23-35)53-56-51(38-28-26-37(27-29-38)36-12-2-1-3-13-36)33-52(57-53)40-30-31-46-42-15-5-4-14-41(42)43-16-6-9-19-47(43)54(50(46)32-40)48-20-10-7-17-44(48)45-18-8-11-21-49(45)54/h1-33H. The van der Waals surface area contributed by atoms with E-state index >= 15 is 0 Å². The van der Waals surface area contributed by atoms with E-state index in [2.05, 4.69) is 176 Å². The second-order valence-electron chi connectivity index (χ2n) is 14.8. The van der Waals surface area contributed by atoms with Gasteiger partial charge in [-0.1, -0.05) is 164 Å². The lowest BCUT2D eigenvalue weighted by Crippen LogP contribution is -2.29. The Morgan fingerprint density at radius 3 is 1.33 bits per heavy atom. The van der Waals surface area contributed by atoms with Gasteiger partial charge in [-0.2, -0.15) is 5.26 Å². The minimum absolute atomic E-state index is 0.590. The molecule has 0 unspecified atom stereocenters. The Balaban J connectivity index is 1.18. The molecule has 2 aliphatic carbocycles. The van der Waals surface area contributed by atoms with Gasteiger partial charge in [0.05, 0.1) is 28.4 Å². The summed E-state index contributed by atoms with van der Waals surface area (Å²) in [6.45, 7) is 0. The Hall–Kier alpha value is -7.67. The molecule has 1 spiro atoms. The Bertz CT molecular complexity index is 3020. The fourth-order valence-electron chi connectivity index (χ4n) is 9.24. The van der Waals surface area contributed by atoms with Crippen molar-refractivity contribution < 1.29 is 0 Å². The zero-order valence-electron chi connectivity index (χ0n) is 30.9. The van der Waals surface area contributed by atoms with Crippen LogP contribution in [-0.4, -0.2) is 9.97 Å². The molecular formula is C54H33N3. The highest BCUT2D eigenvalue weighted by atomic mass is 14.9. The largest absolute Gasteiger partial charge is 0.228 e. The minimum atomic E-state index is -0.590. The molecule has 11 rings (SSSR count). The fraction of sp³-hybridized carbons (Fsp3) is 0.0185. The molecule has 0 saturated heterocycles. The summed E-state index contributed by atoms with van der Waals surface area (Å²) >= 11 is 0. The number of nitrogens with zero attached hydrogens (tertiary/aromatic N) is 3. The summed E-state index contributed by atoms with van der Waals surface area (Å²) in [5, 5.41) is 9.56. The van der Waals surface area contributed by atoms with Crippen LogP contribution in [0, 0.1) is 11.3 Å². The minimum Gasteiger partial charge on any atom is -0.228 e. The lowest BCUT2D eigenvalue weighted by Gasteiger charge is -2.35. The van der Waals surface area contributed by atoms with Gasteiger partial charge in [0.15, 0.2) is 5.82 Å². The maximum atomic E-state index is 9.56. The summed E-state index contributed by atoms with van der Waals surface area (Å²) in [4.78, 5) is 10.4. The van der Waals surface area contributed by atoms with E-state index in [1.165, 1.54) is 61.2 Å². The molecule has 0 atom stereocenters. The van der Waals surface area contributed by atoms with E-state index in [1.807, 2.05) is 30.3 Å². The van der Waals surface area contributed by atoms with Crippen LogP contribution in [0.5, 0.6) is 0 Å². The van der Waals surface area contributed by atoms with E-state index < -0.39 is 5.41 Å². The van der Waals surface area contributed by atoms with E-state index in [-0.39, 0.29) is 0 Å². The number of hydrogen-bond donors (Lipinski definition) is 0. The van der Waals surface area contributed by atoms with Crippen molar-refractivity contribution >= 4 is 0 Å². The van der Waals surface area contributed by atoms with E-state index in [4.69, 9.17) is 9.97 Å². The van der Waals surface area contributed by atoms with Crippen LogP contribution in [0.25, 0.3) is 78.4 Å². The Labute approximate surface area is 331 Å². The first-order valence-electron chi connectivity index (χ1n) is 19.3. The van der Waals surface area contributed by atoms with Crippen LogP contribution in [0.3, 0.4) is 0 Å². The highest BCUT2D eigenvalue weighted by molar-refractivity contribution is 5.98. The van der Waals surface area contributed by atoms with Crippen LogP contribution >= 0.6 is 0 Å². The normalized spacial score (nSPS) is 12.7. The second kappa shape index (κ2) is 13.0. The molecule has 2 aliphatic rings. The van der Waals surface area contributed by atoms with Crippen molar-refractivity contribution in [2.24, 2.45) is 0 Å². The van der Waals surface area contributed by atoms with E-state index in [9.17, 15) is 5.26 Å². The summed E-state index contributed by atoms with van der Waals surface area (Å²) in [6.07, 6.45) is 0. The van der Waals surface area contributed by atoms with Gasteiger partial charge in [-0.15, -0.1) is 0 Å². The summed E-state index contributed by atoms with van der Waals surface area (Å²) in [6, 6.07) is 73.5. The average molecular weight is 724 g/mol. The van der Waals surface area contributed by atoms with Gasteiger partial charge < -0.3 is 0 Å². The average Bonchev–Trinajstić information content (AvgIpc) is 3.54. The Kier molecular flexibility index (Phi) is 7.45. The fourth-order valence-corrected chi connectivity index (χ4v) is 9.24. The summed E-state index contributed by atoms with van der Waals surface area (Å²) in [5.74, 6) is 0.607. The predicted octanol–water partition coefficient (Wildman–Crippen LogP) is 13.0. The third kappa shape index (κ3) is 5.05. The first kappa shape index (κ1) is 32.7. The van der Waals surface area contributed by atoms with Crippen molar-refractivity contribution in [3.63, 3.8) is 0 Å². The van der Waals surface area contributed by atoms with Crippen LogP contribution in [0.2, 0.25) is 0 Å². The van der Waals surface area contributed by atoms with Crippen molar-refractivity contribution in [1.82, 2.24) is 9.97 Å². The molecule has 1 heterocycles. The molecule has 0 fully saturated rings. The number of benzene rings is 8.